The molecule has 4 N–H and O–H groups in total. The van der Waals surface area contributed by atoms with Crippen molar-refractivity contribution in [2.75, 3.05) is 45.2 Å². The lowest BCUT2D eigenvalue weighted by molar-refractivity contribution is 0.0925. The van der Waals surface area contributed by atoms with Gasteiger partial charge in [-0.3, -0.25) is 9.89 Å². The number of fused-ring (bicyclic) bond motifs is 1. The molecular weight excluding hydrogens is 478 g/mol. The number of anilines is 1. The monoisotopic (exact) mass is 515 g/mol. The molecule has 0 bridgehead atoms. The van der Waals surface area contributed by atoms with Gasteiger partial charge in [-0.25, -0.2) is 4.98 Å². The lowest BCUT2D eigenvalue weighted by Gasteiger charge is -2.40. The summed E-state index contributed by atoms with van der Waals surface area (Å²) in [5.74, 6) is 3.00. The van der Waals surface area contributed by atoms with Crippen LogP contribution in [0, 0.1) is 0 Å². The number of H-pyrrole nitrogens is 1. The van der Waals surface area contributed by atoms with Crippen LogP contribution in [0.5, 0.6) is 5.75 Å². The molecule has 9 nitrogen and oxygen atoms in total. The molecule has 0 aliphatic carbocycles. The minimum absolute atomic E-state index is 0.0639. The Kier molecular flexibility index (Phi) is 7.04. The van der Waals surface area contributed by atoms with Gasteiger partial charge in [0.2, 0.25) is 0 Å². The Hall–Kier alpha value is -3.43. The van der Waals surface area contributed by atoms with E-state index in [4.69, 9.17) is 14.8 Å². The van der Waals surface area contributed by atoms with Gasteiger partial charge in [0.05, 0.1) is 12.6 Å². The minimum Gasteiger partial charge on any atom is -0.493 e. The molecule has 200 valence electrons. The first-order chi connectivity index (χ1) is 18.6. The first-order valence-corrected chi connectivity index (χ1v) is 13.8. The van der Waals surface area contributed by atoms with Crippen molar-refractivity contribution in [3.05, 3.63) is 71.3 Å². The summed E-state index contributed by atoms with van der Waals surface area (Å²) in [5, 5.41) is 18.4. The first-order valence-electron chi connectivity index (χ1n) is 13.8. The number of hydrogen-bond acceptors (Lipinski definition) is 7. The summed E-state index contributed by atoms with van der Waals surface area (Å²) in [6.45, 7) is 4.53. The maximum Gasteiger partial charge on any atom is 0.251 e. The molecule has 9 heteroatoms. The number of aromatic amines is 1. The van der Waals surface area contributed by atoms with Crippen LogP contribution in [-0.2, 0) is 5.54 Å². The molecule has 0 unspecified atom stereocenters. The minimum atomic E-state index is -0.386. The zero-order valence-corrected chi connectivity index (χ0v) is 22.0. The van der Waals surface area contributed by atoms with Crippen molar-refractivity contribution in [3.8, 4) is 5.75 Å². The van der Waals surface area contributed by atoms with Gasteiger partial charge in [0.25, 0.3) is 5.91 Å². The SMILES string of the molecule is CN1CCC(Nc2cccc(C(=O)N[C@H]3CCOc4ccccc43)c2)(c2n[nH]c(C3CCNCC3)n2)CC1. The summed E-state index contributed by atoms with van der Waals surface area (Å²) in [7, 11) is 2.15. The van der Waals surface area contributed by atoms with Crippen molar-refractivity contribution in [2.24, 2.45) is 0 Å². The summed E-state index contributed by atoms with van der Waals surface area (Å²) in [5.41, 5.74) is 2.18. The lowest BCUT2D eigenvalue weighted by atomic mass is 9.86. The first kappa shape index (κ1) is 24.9. The predicted octanol–water partition coefficient (Wildman–Crippen LogP) is 3.56. The topological polar surface area (TPSA) is 107 Å². The van der Waals surface area contributed by atoms with Crippen LogP contribution < -0.4 is 20.7 Å². The van der Waals surface area contributed by atoms with Gasteiger partial charge in [0.15, 0.2) is 5.82 Å². The predicted molar refractivity (Wildman–Crippen MR) is 146 cm³/mol. The molecule has 1 atom stereocenters. The van der Waals surface area contributed by atoms with Crippen LogP contribution in [0.25, 0.3) is 0 Å². The maximum atomic E-state index is 13.3. The number of ether oxygens (including phenoxy) is 1. The number of aromatic nitrogens is 3. The summed E-state index contributed by atoms with van der Waals surface area (Å²) >= 11 is 0. The third kappa shape index (κ3) is 5.13. The number of para-hydroxylation sites is 1. The number of carbonyl (C=O) groups excluding carboxylic acids is 1. The van der Waals surface area contributed by atoms with E-state index in [2.05, 4.69) is 33.0 Å². The van der Waals surface area contributed by atoms with E-state index in [9.17, 15) is 4.79 Å². The van der Waals surface area contributed by atoms with E-state index in [0.29, 0.717) is 18.1 Å². The highest BCUT2D eigenvalue weighted by Crippen LogP contribution is 2.36. The average Bonchev–Trinajstić information content (AvgIpc) is 3.47. The molecule has 4 heterocycles. The Morgan fingerprint density at radius 3 is 2.74 bits per heavy atom. The van der Waals surface area contributed by atoms with E-state index in [1.165, 1.54) is 0 Å². The van der Waals surface area contributed by atoms with Crippen LogP contribution in [0.15, 0.2) is 48.5 Å². The third-order valence-electron chi connectivity index (χ3n) is 8.27. The van der Waals surface area contributed by atoms with Crippen molar-refractivity contribution < 1.29 is 9.53 Å². The summed E-state index contributed by atoms with van der Waals surface area (Å²) in [4.78, 5) is 20.7. The molecule has 0 saturated carbocycles. The van der Waals surface area contributed by atoms with Gasteiger partial charge >= 0.3 is 0 Å². The molecule has 0 spiro atoms. The van der Waals surface area contributed by atoms with Gasteiger partial charge in [0, 0.05) is 42.2 Å². The zero-order chi connectivity index (χ0) is 26.0. The Bertz CT molecular complexity index is 1260. The Morgan fingerprint density at radius 2 is 1.89 bits per heavy atom. The molecule has 2 saturated heterocycles. The van der Waals surface area contributed by atoms with E-state index < -0.39 is 0 Å². The van der Waals surface area contributed by atoms with Crippen LogP contribution in [0.4, 0.5) is 5.69 Å². The number of carbonyl (C=O) groups is 1. The summed E-state index contributed by atoms with van der Waals surface area (Å²) < 4.78 is 5.76. The second kappa shape index (κ2) is 10.7. The zero-order valence-electron chi connectivity index (χ0n) is 22.0. The van der Waals surface area contributed by atoms with Gasteiger partial charge in [0.1, 0.15) is 17.1 Å². The molecular formula is C29H37N7O2. The highest BCUT2D eigenvalue weighted by molar-refractivity contribution is 5.95. The Labute approximate surface area is 223 Å². The molecule has 0 radical (unpaired) electrons. The largest absolute Gasteiger partial charge is 0.493 e. The van der Waals surface area contributed by atoms with E-state index in [1.54, 1.807) is 0 Å². The number of rotatable bonds is 6. The maximum absolute atomic E-state index is 13.3. The van der Waals surface area contributed by atoms with Crippen molar-refractivity contribution in [3.63, 3.8) is 0 Å². The van der Waals surface area contributed by atoms with E-state index in [-0.39, 0.29) is 17.5 Å². The number of nitrogens with zero attached hydrogens (tertiary/aromatic N) is 3. The third-order valence-corrected chi connectivity index (χ3v) is 8.27. The number of likely N-dealkylation sites (tertiary alicyclic amines) is 1. The number of nitrogens with one attached hydrogen (secondary N) is 4. The van der Waals surface area contributed by atoms with Gasteiger partial charge in [-0.1, -0.05) is 24.3 Å². The molecule has 3 aromatic rings. The number of amides is 1. The molecule has 3 aliphatic heterocycles. The second-order valence-corrected chi connectivity index (χ2v) is 10.9. The van der Waals surface area contributed by atoms with Crippen LogP contribution in [0.1, 0.15) is 71.6 Å². The van der Waals surface area contributed by atoms with Gasteiger partial charge in [-0.15, -0.1) is 0 Å². The van der Waals surface area contributed by atoms with Crippen LogP contribution in [-0.4, -0.2) is 65.8 Å². The Balaban J connectivity index is 1.22. The van der Waals surface area contributed by atoms with Crippen LogP contribution in [0.2, 0.25) is 0 Å². The molecule has 2 fully saturated rings. The quantitative estimate of drug-likeness (QED) is 0.398. The van der Waals surface area contributed by atoms with Crippen LogP contribution in [0.3, 0.4) is 0 Å². The van der Waals surface area contributed by atoms with Gasteiger partial charge in [-0.05, 0) is 70.1 Å². The normalized spacial score (nSPS) is 21.8. The fourth-order valence-electron chi connectivity index (χ4n) is 5.92. The van der Waals surface area contributed by atoms with Crippen molar-refractivity contribution in [2.45, 2.75) is 49.6 Å². The molecule has 6 rings (SSSR count). The molecule has 1 aromatic heterocycles. The van der Waals surface area contributed by atoms with E-state index in [1.807, 2.05) is 48.5 Å². The number of piperidine rings is 2. The Morgan fingerprint density at radius 1 is 1.08 bits per heavy atom. The highest BCUT2D eigenvalue weighted by Gasteiger charge is 2.40. The fourth-order valence-corrected chi connectivity index (χ4v) is 5.92. The second-order valence-electron chi connectivity index (χ2n) is 10.9. The number of benzene rings is 2. The smallest absolute Gasteiger partial charge is 0.251 e. The van der Waals surface area contributed by atoms with Crippen molar-refractivity contribution in [1.29, 1.82) is 0 Å². The highest BCUT2D eigenvalue weighted by atomic mass is 16.5. The molecule has 3 aliphatic rings. The van der Waals surface area contributed by atoms with Crippen molar-refractivity contribution in [1.82, 2.24) is 30.7 Å². The summed E-state index contributed by atoms with van der Waals surface area (Å²) in [6, 6.07) is 15.6. The van der Waals surface area contributed by atoms with E-state index >= 15 is 0 Å². The van der Waals surface area contributed by atoms with E-state index in [0.717, 1.165) is 86.9 Å². The molecule has 38 heavy (non-hydrogen) atoms. The standard InChI is InChI=1S/C29H37N7O2/c1-36-16-12-29(13-17-36,28-32-26(34-35-28)20-9-14-30-15-10-20)33-22-6-4-5-21(19-22)27(37)31-24-11-18-38-25-8-3-2-7-23(24)25/h2-8,19-20,24,30,33H,9-18H2,1H3,(H,31,37)(H,32,34,35)/t24-/m0/s1. The fraction of sp³-hybridized carbons (Fsp3) is 0.483. The van der Waals surface area contributed by atoms with Crippen molar-refractivity contribution >= 4 is 11.6 Å². The average molecular weight is 516 g/mol. The molecule has 2 aromatic carbocycles. The lowest BCUT2D eigenvalue weighted by Crippen LogP contribution is -2.46. The molecule has 1 amide bonds. The van der Waals surface area contributed by atoms with Gasteiger partial charge in [-0.2, -0.15) is 5.10 Å². The van der Waals surface area contributed by atoms with Crippen LogP contribution >= 0.6 is 0 Å². The number of hydrogen-bond donors (Lipinski definition) is 4. The van der Waals surface area contributed by atoms with Gasteiger partial charge < -0.3 is 25.6 Å². The summed E-state index contributed by atoms with van der Waals surface area (Å²) in [6.07, 6.45) is 4.69.